The first-order valence-corrected chi connectivity index (χ1v) is 5.78. The molecular formula is C14H11ClFNO. The van der Waals surface area contributed by atoms with E-state index in [-0.39, 0.29) is 11.7 Å². The van der Waals surface area contributed by atoms with Crippen LogP contribution in [0.4, 0.5) is 10.1 Å². The van der Waals surface area contributed by atoms with Crippen molar-refractivity contribution in [2.75, 3.05) is 5.32 Å². The van der Waals surface area contributed by atoms with Crippen LogP contribution in [-0.4, -0.2) is 5.91 Å². The van der Waals surface area contributed by atoms with Crippen molar-refractivity contribution in [2.45, 2.75) is 6.92 Å². The maximum Gasteiger partial charge on any atom is 0.255 e. The molecule has 1 amide bonds. The molecule has 0 saturated carbocycles. The lowest BCUT2D eigenvalue weighted by Crippen LogP contribution is -2.12. The fraction of sp³-hybridized carbons (Fsp3) is 0.0714. The van der Waals surface area contributed by atoms with Gasteiger partial charge >= 0.3 is 0 Å². The Bertz CT molecular complexity index is 581. The molecule has 0 radical (unpaired) electrons. The molecule has 0 unspecified atom stereocenters. The summed E-state index contributed by atoms with van der Waals surface area (Å²) in [4.78, 5) is 11.9. The highest BCUT2D eigenvalue weighted by Gasteiger charge is 2.09. The fourth-order valence-corrected chi connectivity index (χ4v) is 1.71. The summed E-state index contributed by atoms with van der Waals surface area (Å²) >= 11 is 6.08. The average molecular weight is 264 g/mol. The first-order chi connectivity index (χ1) is 8.58. The van der Waals surface area contributed by atoms with Gasteiger partial charge in [0.1, 0.15) is 5.82 Å². The highest BCUT2D eigenvalue weighted by Crippen LogP contribution is 2.25. The third kappa shape index (κ3) is 2.68. The molecule has 0 aliphatic rings. The topological polar surface area (TPSA) is 29.1 Å². The van der Waals surface area contributed by atoms with Crippen LogP contribution < -0.4 is 5.32 Å². The number of hydrogen-bond acceptors (Lipinski definition) is 1. The summed E-state index contributed by atoms with van der Waals surface area (Å²) in [7, 11) is 0. The summed E-state index contributed by atoms with van der Waals surface area (Å²) in [6.07, 6.45) is 0. The predicted octanol–water partition coefficient (Wildman–Crippen LogP) is 4.04. The number of carbonyl (C=O) groups is 1. The molecule has 0 atom stereocenters. The molecular weight excluding hydrogens is 253 g/mol. The Labute approximate surface area is 109 Å². The van der Waals surface area contributed by atoms with E-state index >= 15 is 0 Å². The van der Waals surface area contributed by atoms with E-state index in [9.17, 15) is 9.18 Å². The Hall–Kier alpha value is -1.87. The average Bonchev–Trinajstić information content (AvgIpc) is 2.36. The van der Waals surface area contributed by atoms with Gasteiger partial charge in [0.05, 0.1) is 10.7 Å². The standard InChI is InChI=1S/C14H11ClFNO/c1-9-3-2-4-12(13(9)15)17-14(18)10-5-7-11(16)8-6-10/h2-8H,1H3,(H,17,18). The monoisotopic (exact) mass is 263 g/mol. The van der Waals surface area contributed by atoms with Gasteiger partial charge < -0.3 is 5.32 Å². The van der Waals surface area contributed by atoms with Crippen molar-refractivity contribution in [1.29, 1.82) is 0 Å². The molecule has 0 spiro atoms. The van der Waals surface area contributed by atoms with E-state index in [4.69, 9.17) is 11.6 Å². The summed E-state index contributed by atoms with van der Waals surface area (Å²) in [6, 6.07) is 10.7. The van der Waals surface area contributed by atoms with Crippen molar-refractivity contribution in [3.8, 4) is 0 Å². The Morgan fingerprint density at radius 1 is 1.17 bits per heavy atom. The summed E-state index contributed by atoms with van der Waals surface area (Å²) in [5.74, 6) is -0.692. The lowest BCUT2D eigenvalue weighted by molar-refractivity contribution is 0.102. The number of nitrogens with one attached hydrogen (secondary N) is 1. The van der Waals surface area contributed by atoms with Gasteiger partial charge in [0.15, 0.2) is 0 Å². The third-order valence-corrected chi connectivity index (χ3v) is 3.05. The quantitative estimate of drug-likeness (QED) is 0.870. The molecule has 4 heteroatoms. The highest BCUT2D eigenvalue weighted by molar-refractivity contribution is 6.34. The molecule has 2 aromatic rings. The van der Waals surface area contributed by atoms with Gasteiger partial charge in [-0.2, -0.15) is 0 Å². The minimum absolute atomic E-state index is 0.317. The normalized spacial score (nSPS) is 10.2. The number of hydrogen-bond donors (Lipinski definition) is 1. The molecule has 0 heterocycles. The molecule has 0 bridgehead atoms. The zero-order valence-corrected chi connectivity index (χ0v) is 10.5. The summed E-state index contributed by atoms with van der Waals surface area (Å²) in [5.41, 5.74) is 1.81. The largest absolute Gasteiger partial charge is 0.321 e. The molecule has 1 N–H and O–H groups in total. The van der Waals surface area contributed by atoms with Crippen LogP contribution in [0.2, 0.25) is 5.02 Å². The first-order valence-electron chi connectivity index (χ1n) is 5.40. The number of benzene rings is 2. The van der Waals surface area contributed by atoms with E-state index in [1.54, 1.807) is 6.07 Å². The van der Waals surface area contributed by atoms with E-state index in [0.29, 0.717) is 16.3 Å². The number of aryl methyl sites for hydroxylation is 1. The number of amides is 1. The zero-order chi connectivity index (χ0) is 13.1. The van der Waals surface area contributed by atoms with Crippen LogP contribution >= 0.6 is 11.6 Å². The maximum atomic E-state index is 12.7. The molecule has 2 aromatic carbocycles. The Kier molecular flexibility index (Phi) is 3.63. The van der Waals surface area contributed by atoms with Crippen molar-refractivity contribution in [2.24, 2.45) is 0 Å². The van der Waals surface area contributed by atoms with Gasteiger partial charge in [-0.1, -0.05) is 23.7 Å². The molecule has 2 rings (SSSR count). The van der Waals surface area contributed by atoms with Gasteiger partial charge in [0, 0.05) is 5.56 Å². The van der Waals surface area contributed by atoms with Crippen molar-refractivity contribution < 1.29 is 9.18 Å². The summed E-state index contributed by atoms with van der Waals surface area (Å²) in [5, 5.41) is 3.20. The van der Waals surface area contributed by atoms with Crippen LogP contribution in [0, 0.1) is 12.7 Å². The number of halogens is 2. The Morgan fingerprint density at radius 2 is 1.83 bits per heavy atom. The SMILES string of the molecule is Cc1cccc(NC(=O)c2ccc(F)cc2)c1Cl. The van der Waals surface area contributed by atoms with Gasteiger partial charge in [-0.25, -0.2) is 4.39 Å². The Morgan fingerprint density at radius 3 is 2.50 bits per heavy atom. The van der Waals surface area contributed by atoms with Crippen LogP contribution in [0.3, 0.4) is 0 Å². The summed E-state index contributed by atoms with van der Waals surface area (Å²) < 4.78 is 12.7. The van der Waals surface area contributed by atoms with Gasteiger partial charge in [0.25, 0.3) is 5.91 Å². The zero-order valence-electron chi connectivity index (χ0n) is 9.71. The minimum atomic E-state index is -0.375. The van der Waals surface area contributed by atoms with Crippen LogP contribution in [0.1, 0.15) is 15.9 Å². The Balaban J connectivity index is 2.21. The van der Waals surface area contributed by atoms with E-state index in [1.165, 1.54) is 24.3 Å². The molecule has 18 heavy (non-hydrogen) atoms. The van der Waals surface area contributed by atoms with Crippen molar-refractivity contribution in [3.63, 3.8) is 0 Å². The predicted molar refractivity (Wildman–Crippen MR) is 70.5 cm³/mol. The second kappa shape index (κ2) is 5.19. The fourth-order valence-electron chi connectivity index (χ4n) is 1.54. The minimum Gasteiger partial charge on any atom is -0.321 e. The van der Waals surface area contributed by atoms with Crippen molar-refractivity contribution in [1.82, 2.24) is 0 Å². The smallest absolute Gasteiger partial charge is 0.255 e. The molecule has 2 nitrogen and oxygen atoms in total. The molecule has 0 aromatic heterocycles. The van der Waals surface area contributed by atoms with E-state index in [2.05, 4.69) is 5.32 Å². The molecule has 0 saturated heterocycles. The van der Waals surface area contributed by atoms with E-state index < -0.39 is 0 Å². The van der Waals surface area contributed by atoms with Gasteiger partial charge in [-0.3, -0.25) is 4.79 Å². The number of rotatable bonds is 2. The summed E-state index contributed by atoms with van der Waals surface area (Å²) in [6.45, 7) is 1.86. The van der Waals surface area contributed by atoms with Gasteiger partial charge in [-0.15, -0.1) is 0 Å². The number of carbonyl (C=O) groups excluding carboxylic acids is 1. The van der Waals surface area contributed by atoms with Crippen LogP contribution in [0.5, 0.6) is 0 Å². The van der Waals surface area contributed by atoms with Crippen LogP contribution in [0.25, 0.3) is 0 Å². The lowest BCUT2D eigenvalue weighted by atomic mass is 10.2. The third-order valence-electron chi connectivity index (χ3n) is 2.55. The first kappa shape index (κ1) is 12.6. The van der Waals surface area contributed by atoms with Crippen LogP contribution in [0.15, 0.2) is 42.5 Å². The molecule has 0 aliphatic carbocycles. The molecule has 0 fully saturated rings. The second-order valence-corrected chi connectivity index (χ2v) is 4.28. The van der Waals surface area contributed by atoms with Crippen molar-refractivity contribution >= 4 is 23.2 Å². The number of anilines is 1. The lowest BCUT2D eigenvalue weighted by Gasteiger charge is -2.08. The van der Waals surface area contributed by atoms with E-state index in [0.717, 1.165) is 5.56 Å². The molecule has 92 valence electrons. The molecule has 0 aliphatic heterocycles. The second-order valence-electron chi connectivity index (χ2n) is 3.90. The van der Waals surface area contributed by atoms with Crippen LogP contribution in [-0.2, 0) is 0 Å². The van der Waals surface area contributed by atoms with Gasteiger partial charge in [-0.05, 0) is 42.8 Å². The van der Waals surface area contributed by atoms with E-state index in [1.807, 2.05) is 19.1 Å². The highest BCUT2D eigenvalue weighted by atomic mass is 35.5. The van der Waals surface area contributed by atoms with Gasteiger partial charge in [0.2, 0.25) is 0 Å². The maximum absolute atomic E-state index is 12.7. The van der Waals surface area contributed by atoms with Crippen molar-refractivity contribution in [3.05, 3.63) is 64.4 Å².